The number of aliphatic carboxylic acids is 2. The molecule has 0 radical (unpaired) electrons. The van der Waals surface area contributed by atoms with E-state index in [9.17, 15) is 14.4 Å². The molecule has 0 bridgehead atoms. The van der Waals surface area contributed by atoms with Gasteiger partial charge in [0.2, 0.25) is 0 Å². The molecule has 1 aromatic heterocycles. The van der Waals surface area contributed by atoms with Gasteiger partial charge in [-0.05, 0) is 74.8 Å². The van der Waals surface area contributed by atoms with Crippen molar-refractivity contribution >= 4 is 40.2 Å². The molecule has 1 aliphatic heterocycles. The lowest BCUT2D eigenvalue weighted by molar-refractivity contribution is -0.134. The first-order valence-electron chi connectivity index (χ1n) is 10.7. The number of hydrogen-bond acceptors (Lipinski definition) is 5. The Labute approximate surface area is 201 Å². The summed E-state index contributed by atoms with van der Waals surface area (Å²) in [6.45, 7) is 2.17. The zero-order valence-electron chi connectivity index (χ0n) is 18.6. The summed E-state index contributed by atoms with van der Waals surface area (Å²) < 4.78 is 1.68. The molecule has 0 atom stereocenters. The molecule has 1 fully saturated rings. The van der Waals surface area contributed by atoms with E-state index < -0.39 is 11.9 Å². The van der Waals surface area contributed by atoms with Crippen molar-refractivity contribution in [2.45, 2.75) is 18.8 Å². The van der Waals surface area contributed by atoms with Crippen molar-refractivity contribution in [1.29, 1.82) is 0 Å². The minimum atomic E-state index is -1.26. The number of carboxylic acids is 2. The number of halogens is 1. The van der Waals surface area contributed by atoms with Crippen molar-refractivity contribution in [2.75, 3.05) is 26.0 Å². The van der Waals surface area contributed by atoms with E-state index in [1.54, 1.807) is 28.9 Å². The number of piperidine rings is 1. The van der Waals surface area contributed by atoms with Crippen molar-refractivity contribution in [2.24, 2.45) is 0 Å². The third-order valence-corrected chi connectivity index (χ3v) is 5.97. The number of nitrogens with zero attached hydrogens (tertiary/aromatic N) is 2. The molecule has 0 aliphatic carbocycles. The van der Waals surface area contributed by atoms with E-state index in [0.29, 0.717) is 34.2 Å². The summed E-state index contributed by atoms with van der Waals surface area (Å²) in [6, 6.07) is 12.8. The van der Waals surface area contributed by atoms with Gasteiger partial charge in [0.15, 0.2) is 5.78 Å². The van der Waals surface area contributed by atoms with E-state index in [1.807, 2.05) is 24.4 Å². The molecule has 9 heteroatoms. The van der Waals surface area contributed by atoms with Crippen LogP contribution in [-0.4, -0.2) is 57.6 Å². The number of carbonyl (C=O) groups excluding carboxylic acids is 1. The van der Waals surface area contributed by atoms with Crippen molar-refractivity contribution in [3.63, 3.8) is 0 Å². The number of ketones is 1. The van der Waals surface area contributed by atoms with E-state index in [0.717, 1.165) is 36.8 Å². The largest absolute Gasteiger partial charge is 0.478 e. The van der Waals surface area contributed by atoms with Crippen molar-refractivity contribution < 1.29 is 24.6 Å². The molecule has 1 aliphatic rings. The van der Waals surface area contributed by atoms with Crippen LogP contribution in [0, 0.1) is 0 Å². The number of carboxylic acid groups (broad SMARTS) is 2. The van der Waals surface area contributed by atoms with E-state index in [2.05, 4.69) is 11.9 Å². The Bertz CT molecular complexity index is 1230. The van der Waals surface area contributed by atoms with Crippen molar-refractivity contribution in [3.8, 4) is 0 Å². The van der Waals surface area contributed by atoms with Crippen LogP contribution >= 0.6 is 11.6 Å². The summed E-state index contributed by atoms with van der Waals surface area (Å²) in [5, 5.41) is 17.3. The minimum Gasteiger partial charge on any atom is -0.478 e. The first kappa shape index (κ1) is 25.0. The van der Waals surface area contributed by atoms with Crippen molar-refractivity contribution in [1.82, 2.24) is 9.58 Å². The molecule has 8 nitrogen and oxygen atoms in total. The van der Waals surface area contributed by atoms with Gasteiger partial charge in [-0.2, -0.15) is 0 Å². The minimum absolute atomic E-state index is 0.0199. The van der Waals surface area contributed by atoms with Crippen LogP contribution in [0.5, 0.6) is 0 Å². The summed E-state index contributed by atoms with van der Waals surface area (Å²) in [4.78, 5) is 34.3. The first-order chi connectivity index (χ1) is 16.2. The lowest BCUT2D eigenvalue weighted by Crippen LogP contribution is -2.29. The smallest absolute Gasteiger partial charge is 0.328 e. The number of likely N-dealkylation sites (tertiary alicyclic amines) is 1. The maximum absolute atomic E-state index is 12.9. The molecular formula is C25H26ClN3O5. The van der Waals surface area contributed by atoms with Crippen LogP contribution in [0.1, 0.15) is 40.2 Å². The van der Waals surface area contributed by atoms with E-state index in [-0.39, 0.29) is 5.78 Å². The predicted molar refractivity (Wildman–Crippen MR) is 131 cm³/mol. The highest BCUT2D eigenvalue weighted by atomic mass is 35.5. The van der Waals surface area contributed by atoms with Gasteiger partial charge in [0.1, 0.15) is 0 Å². The zero-order valence-corrected chi connectivity index (χ0v) is 19.4. The third kappa shape index (κ3) is 6.24. The van der Waals surface area contributed by atoms with Gasteiger partial charge in [0.25, 0.3) is 0 Å². The summed E-state index contributed by atoms with van der Waals surface area (Å²) in [5.74, 6) is 4.12. The standard InChI is InChI=1S/C21H22ClN3O.C4H4O4/c1-24-9-7-14(8-10-24)19-13-25(23)20-6-5-16(12-18(19)20)21(26)15-3-2-4-17(22)11-15;5-3(6)1-2-4(7)8/h2-6,11-14H,7-10,23H2,1H3;1-2H,(H,5,6)(H,7,8). The van der Waals surface area contributed by atoms with Crippen LogP contribution in [0.25, 0.3) is 10.9 Å². The zero-order chi connectivity index (χ0) is 24.8. The van der Waals surface area contributed by atoms with Crippen LogP contribution in [0.2, 0.25) is 5.02 Å². The molecule has 1 saturated heterocycles. The Morgan fingerprint density at radius 2 is 1.62 bits per heavy atom. The van der Waals surface area contributed by atoms with Gasteiger partial charge in [0, 0.05) is 39.9 Å². The molecular weight excluding hydrogens is 458 g/mol. The van der Waals surface area contributed by atoms with Crippen LogP contribution in [0.15, 0.2) is 60.8 Å². The molecule has 4 N–H and O–H groups in total. The molecule has 2 heterocycles. The number of hydrogen-bond donors (Lipinski definition) is 3. The van der Waals surface area contributed by atoms with Crippen LogP contribution in [0.3, 0.4) is 0 Å². The Hall–Kier alpha value is -3.62. The number of fused-ring (bicyclic) bond motifs is 1. The monoisotopic (exact) mass is 483 g/mol. The average molecular weight is 484 g/mol. The summed E-state index contributed by atoms with van der Waals surface area (Å²) in [7, 11) is 2.16. The maximum atomic E-state index is 12.9. The number of carbonyl (C=O) groups is 3. The average Bonchev–Trinajstić information content (AvgIpc) is 3.14. The van der Waals surface area contributed by atoms with Gasteiger partial charge in [-0.3, -0.25) is 9.47 Å². The van der Waals surface area contributed by atoms with E-state index in [1.165, 1.54) is 5.56 Å². The molecule has 178 valence electrons. The lowest BCUT2D eigenvalue weighted by atomic mass is 9.88. The Morgan fingerprint density at radius 1 is 1.00 bits per heavy atom. The van der Waals surface area contributed by atoms with E-state index in [4.69, 9.17) is 27.7 Å². The van der Waals surface area contributed by atoms with Gasteiger partial charge in [-0.25, -0.2) is 9.59 Å². The van der Waals surface area contributed by atoms with Gasteiger partial charge in [-0.1, -0.05) is 23.7 Å². The Morgan fingerprint density at radius 3 is 2.21 bits per heavy atom. The maximum Gasteiger partial charge on any atom is 0.328 e. The number of aromatic nitrogens is 1. The van der Waals surface area contributed by atoms with Gasteiger partial charge in [0.05, 0.1) is 5.52 Å². The fourth-order valence-corrected chi connectivity index (χ4v) is 4.20. The van der Waals surface area contributed by atoms with Gasteiger partial charge >= 0.3 is 11.9 Å². The molecule has 2 aromatic carbocycles. The molecule has 0 amide bonds. The molecule has 0 saturated carbocycles. The lowest BCUT2D eigenvalue weighted by Gasteiger charge is -2.28. The first-order valence-corrected chi connectivity index (χ1v) is 11.1. The highest BCUT2D eigenvalue weighted by Crippen LogP contribution is 2.34. The molecule has 3 aromatic rings. The second-order valence-electron chi connectivity index (χ2n) is 8.15. The highest BCUT2D eigenvalue weighted by molar-refractivity contribution is 6.31. The Kier molecular flexibility index (Phi) is 8.09. The van der Waals surface area contributed by atoms with Gasteiger partial charge in [-0.15, -0.1) is 0 Å². The van der Waals surface area contributed by atoms with Crippen LogP contribution < -0.4 is 5.84 Å². The normalized spacial score (nSPS) is 14.6. The number of benzene rings is 2. The van der Waals surface area contributed by atoms with Crippen LogP contribution in [-0.2, 0) is 9.59 Å². The number of rotatable bonds is 5. The Balaban J connectivity index is 0.000000350. The summed E-state index contributed by atoms with van der Waals surface area (Å²) >= 11 is 6.04. The second kappa shape index (κ2) is 11.0. The molecule has 0 spiro atoms. The summed E-state index contributed by atoms with van der Waals surface area (Å²) in [5.41, 5.74) is 3.47. The SMILES string of the molecule is CN1CCC(c2cn(N)c3ccc(C(=O)c4cccc(Cl)c4)cc23)CC1.O=C(O)C=CC(=O)O. The fourth-order valence-electron chi connectivity index (χ4n) is 4.01. The topological polar surface area (TPSA) is 126 Å². The summed E-state index contributed by atoms with van der Waals surface area (Å²) in [6.07, 6.45) is 5.36. The molecule has 34 heavy (non-hydrogen) atoms. The van der Waals surface area contributed by atoms with Gasteiger partial charge < -0.3 is 21.0 Å². The fraction of sp³-hybridized carbons (Fsp3) is 0.240. The number of nitrogen functional groups attached to an aromatic ring is 1. The number of nitrogens with two attached hydrogens (primary N) is 1. The quantitative estimate of drug-likeness (QED) is 0.286. The third-order valence-electron chi connectivity index (χ3n) is 5.74. The molecule has 0 unspecified atom stereocenters. The van der Waals surface area contributed by atoms with Crippen LogP contribution in [0.4, 0.5) is 0 Å². The van der Waals surface area contributed by atoms with E-state index >= 15 is 0 Å². The predicted octanol–water partition coefficient (Wildman–Crippen LogP) is 3.76. The second-order valence-corrected chi connectivity index (χ2v) is 8.59. The molecule has 4 rings (SSSR count). The highest BCUT2D eigenvalue weighted by Gasteiger charge is 2.23. The van der Waals surface area contributed by atoms with Crippen molar-refractivity contribution in [3.05, 3.63) is 82.5 Å².